The smallest absolute Gasteiger partial charge is 0.326 e. The summed E-state index contributed by atoms with van der Waals surface area (Å²) in [4.78, 5) is 51.2. The number of benzene rings is 4. The molecule has 0 radical (unpaired) electrons. The number of aliphatic hydroxyl groups is 1. The van der Waals surface area contributed by atoms with E-state index >= 15 is 0 Å². The molecule has 50 heavy (non-hydrogen) atoms. The SMILES string of the molecule is O=C(COc1ccc([C@@H]2[C@@H](SCC(O)c3ccc(F)cc3)C(=O)N2c2ccc(F)cc2)cc1)NCC(=O)N[C@H](Cc1ccc(O)cc1)C(=O)O. The highest BCUT2D eigenvalue weighted by Crippen LogP contribution is 2.46. The number of rotatable bonds is 15. The number of halogens is 2. The van der Waals surface area contributed by atoms with Gasteiger partial charge in [-0.1, -0.05) is 36.4 Å². The van der Waals surface area contributed by atoms with Crippen LogP contribution in [-0.4, -0.2) is 69.2 Å². The molecular formula is C36H33F2N3O8S. The third-order valence-corrected chi connectivity index (χ3v) is 9.21. The van der Waals surface area contributed by atoms with Crippen LogP contribution in [0.1, 0.15) is 28.8 Å². The van der Waals surface area contributed by atoms with Gasteiger partial charge in [-0.05, 0) is 77.4 Å². The molecule has 0 spiro atoms. The van der Waals surface area contributed by atoms with Gasteiger partial charge in [0.05, 0.1) is 18.7 Å². The number of aliphatic carboxylic acids is 1. The Bertz CT molecular complexity index is 1810. The van der Waals surface area contributed by atoms with Crippen LogP contribution < -0.4 is 20.3 Å². The standard InChI is InChI=1S/C36H33F2N3O8S/c37-24-7-3-22(4-8-24)30(43)20-50-34-33(41(35(34)46)26-11-9-25(38)10-12-26)23-5-15-28(16-6-23)49-19-32(45)39-18-31(44)40-29(36(47)48)17-21-1-13-27(42)14-2-21/h1-16,29-30,33-34,42-43H,17-20H2,(H,39,45)(H,40,44)(H,47,48)/t29-,30?,33-,34-/m1/s1. The summed E-state index contributed by atoms with van der Waals surface area (Å²) >= 11 is 1.25. The van der Waals surface area contributed by atoms with Crippen LogP contribution in [0.4, 0.5) is 14.5 Å². The number of carboxylic acids is 1. The van der Waals surface area contributed by atoms with Gasteiger partial charge in [-0.25, -0.2) is 13.6 Å². The monoisotopic (exact) mass is 705 g/mol. The van der Waals surface area contributed by atoms with Gasteiger partial charge in [0.2, 0.25) is 11.8 Å². The molecule has 260 valence electrons. The molecule has 0 saturated carbocycles. The van der Waals surface area contributed by atoms with Crippen LogP contribution in [0, 0.1) is 11.6 Å². The molecule has 1 saturated heterocycles. The first-order chi connectivity index (χ1) is 24.0. The van der Waals surface area contributed by atoms with Crippen molar-refractivity contribution in [3.8, 4) is 11.5 Å². The quantitative estimate of drug-likeness (QED) is 0.115. The Morgan fingerprint density at radius 2 is 1.48 bits per heavy atom. The zero-order chi connectivity index (χ0) is 35.8. The van der Waals surface area contributed by atoms with Crippen molar-refractivity contribution in [3.63, 3.8) is 0 Å². The number of phenols is 1. The van der Waals surface area contributed by atoms with Gasteiger partial charge in [0.25, 0.3) is 5.91 Å². The maximum absolute atomic E-state index is 13.6. The Morgan fingerprint density at radius 3 is 2.10 bits per heavy atom. The van der Waals surface area contributed by atoms with Crippen molar-refractivity contribution in [1.82, 2.24) is 10.6 Å². The maximum atomic E-state index is 13.6. The molecule has 1 heterocycles. The first-order valence-electron chi connectivity index (χ1n) is 15.4. The molecule has 4 atom stereocenters. The number of ether oxygens (including phenoxy) is 1. The number of β-lactam (4-membered cyclic amide) rings is 1. The van der Waals surface area contributed by atoms with Crippen LogP contribution in [0.5, 0.6) is 11.5 Å². The highest BCUT2D eigenvalue weighted by molar-refractivity contribution is 8.00. The van der Waals surface area contributed by atoms with Gasteiger partial charge in [-0.3, -0.25) is 14.4 Å². The van der Waals surface area contributed by atoms with Crippen molar-refractivity contribution in [2.24, 2.45) is 0 Å². The van der Waals surface area contributed by atoms with Crippen LogP contribution in [0.3, 0.4) is 0 Å². The molecule has 11 nitrogen and oxygen atoms in total. The number of nitrogens with zero attached hydrogens (tertiary/aromatic N) is 1. The lowest BCUT2D eigenvalue weighted by Gasteiger charge is -2.47. The minimum atomic E-state index is -1.26. The van der Waals surface area contributed by atoms with Gasteiger partial charge in [0, 0.05) is 17.9 Å². The molecular weight excluding hydrogens is 672 g/mol. The molecule has 1 aliphatic rings. The van der Waals surface area contributed by atoms with E-state index in [4.69, 9.17) is 4.74 Å². The van der Waals surface area contributed by atoms with Gasteiger partial charge in [-0.15, -0.1) is 11.8 Å². The number of carbonyl (C=O) groups is 4. The lowest BCUT2D eigenvalue weighted by atomic mass is 9.92. The van der Waals surface area contributed by atoms with E-state index in [0.29, 0.717) is 22.6 Å². The van der Waals surface area contributed by atoms with Crippen LogP contribution in [0.25, 0.3) is 0 Å². The van der Waals surface area contributed by atoms with Crippen LogP contribution in [0.2, 0.25) is 0 Å². The van der Waals surface area contributed by atoms with E-state index in [1.165, 1.54) is 89.5 Å². The Labute approximate surface area is 289 Å². The second-order valence-electron chi connectivity index (χ2n) is 11.4. The number of carbonyl (C=O) groups excluding carboxylic acids is 3. The van der Waals surface area contributed by atoms with Gasteiger partial charge in [0.1, 0.15) is 34.4 Å². The number of nitrogens with one attached hydrogen (secondary N) is 2. The van der Waals surface area contributed by atoms with Crippen LogP contribution in [-0.2, 0) is 25.6 Å². The number of phenolic OH excluding ortho intramolecular Hbond substituents is 1. The molecule has 4 aromatic carbocycles. The van der Waals surface area contributed by atoms with Crippen molar-refractivity contribution in [1.29, 1.82) is 0 Å². The Balaban J connectivity index is 1.15. The summed E-state index contributed by atoms with van der Waals surface area (Å²) < 4.78 is 32.5. The Kier molecular flexibility index (Phi) is 11.7. The summed E-state index contributed by atoms with van der Waals surface area (Å²) in [7, 11) is 0. The molecule has 14 heteroatoms. The molecule has 1 aliphatic heterocycles. The number of thioether (sulfide) groups is 1. The van der Waals surface area contributed by atoms with E-state index in [9.17, 15) is 43.3 Å². The highest BCUT2D eigenvalue weighted by atomic mass is 32.2. The van der Waals surface area contributed by atoms with Gasteiger partial charge in [0.15, 0.2) is 6.61 Å². The summed E-state index contributed by atoms with van der Waals surface area (Å²) in [6, 6.07) is 21.8. The van der Waals surface area contributed by atoms with Crippen molar-refractivity contribution in [2.75, 3.05) is 23.8 Å². The molecule has 1 unspecified atom stereocenters. The van der Waals surface area contributed by atoms with Crippen molar-refractivity contribution in [3.05, 3.63) is 125 Å². The summed E-state index contributed by atoms with van der Waals surface area (Å²) in [6.07, 6.45) is -0.964. The van der Waals surface area contributed by atoms with E-state index in [2.05, 4.69) is 10.6 Å². The molecule has 3 amide bonds. The summed E-state index contributed by atoms with van der Waals surface area (Å²) in [6.45, 7) is -0.920. The van der Waals surface area contributed by atoms with Crippen LogP contribution in [0.15, 0.2) is 97.1 Å². The molecule has 0 bridgehead atoms. The fraction of sp³-hybridized carbons (Fsp3) is 0.222. The van der Waals surface area contributed by atoms with Crippen LogP contribution >= 0.6 is 11.8 Å². The third-order valence-electron chi connectivity index (χ3n) is 7.89. The van der Waals surface area contributed by atoms with Gasteiger partial charge >= 0.3 is 5.97 Å². The molecule has 4 aromatic rings. The van der Waals surface area contributed by atoms with E-state index in [1.54, 1.807) is 24.3 Å². The molecule has 0 aromatic heterocycles. The fourth-order valence-corrected chi connectivity index (χ4v) is 6.57. The number of carboxylic acid groups (broad SMARTS) is 1. The third kappa shape index (κ3) is 9.15. The lowest BCUT2D eigenvalue weighted by Crippen LogP contribution is -2.57. The predicted octanol–water partition coefficient (Wildman–Crippen LogP) is 3.90. The highest BCUT2D eigenvalue weighted by Gasteiger charge is 2.49. The first kappa shape index (κ1) is 35.8. The molecule has 0 aliphatic carbocycles. The lowest BCUT2D eigenvalue weighted by molar-refractivity contribution is -0.141. The zero-order valence-corrected chi connectivity index (χ0v) is 27.2. The largest absolute Gasteiger partial charge is 0.508 e. The first-order valence-corrected chi connectivity index (χ1v) is 16.5. The topological polar surface area (TPSA) is 165 Å². The van der Waals surface area contributed by atoms with Gasteiger partial charge in [-0.2, -0.15) is 0 Å². The summed E-state index contributed by atoms with van der Waals surface area (Å²) in [5.41, 5.74) is 2.31. The fourth-order valence-electron chi connectivity index (χ4n) is 5.27. The minimum absolute atomic E-state index is 0.0227. The number of amides is 3. The second kappa shape index (κ2) is 16.3. The summed E-state index contributed by atoms with van der Waals surface area (Å²) in [5.74, 6) is -3.20. The number of aliphatic hydroxyl groups excluding tert-OH is 1. The Morgan fingerprint density at radius 1 is 0.860 bits per heavy atom. The summed E-state index contributed by atoms with van der Waals surface area (Å²) in [5, 5.41) is 33.7. The average molecular weight is 706 g/mol. The minimum Gasteiger partial charge on any atom is -0.508 e. The molecule has 5 rings (SSSR count). The normalized spacial score (nSPS) is 16.5. The molecule has 1 fully saturated rings. The number of hydrogen-bond acceptors (Lipinski definition) is 8. The molecule has 5 N–H and O–H groups in total. The maximum Gasteiger partial charge on any atom is 0.326 e. The van der Waals surface area contributed by atoms with E-state index < -0.39 is 66.0 Å². The van der Waals surface area contributed by atoms with Crippen molar-refractivity contribution < 1.29 is 48.0 Å². The van der Waals surface area contributed by atoms with E-state index in [-0.39, 0.29) is 23.8 Å². The van der Waals surface area contributed by atoms with E-state index in [1.807, 2.05) is 0 Å². The number of anilines is 1. The predicted molar refractivity (Wildman–Crippen MR) is 181 cm³/mol. The van der Waals surface area contributed by atoms with E-state index in [0.717, 1.165) is 5.56 Å². The van der Waals surface area contributed by atoms with Crippen molar-refractivity contribution >= 4 is 41.1 Å². The zero-order valence-electron chi connectivity index (χ0n) is 26.4. The average Bonchev–Trinajstić information content (AvgIpc) is 3.10. The van der Waals surface area contributed by atoms with Gasteiger partial charge < -0.3 is 35.6 Å². The second-order valence-corrected chi connectivity index (χ2v) is 12.6. The Hall–Kier alpha value is -5.47. The number of aromatic hydroxyl groups is 1. The van der Waals surface area contributed by atoms with Crippen molar-refractivity contribution in [2.45, 2.75) is 29.9 Å². The number of hydrogen-bond donors (Lipinski definition) is 5.